The molecule has 0 fully saturated rings. The van der Waals surface area contributed by atoms with E-state index < -0.39 is 16.0 Å². The Balaban J connectivity index is 2.53. The second kappa shape index (κ2) is 5.53. The summed E-state index contributed by atoms with van der Waals surface area (Å²) in [5.74, 6) is -1.26. The third-order valence-corrected chi connectivity index (χ3v) is 4.79. The molecule has 1 heterocycles. The van der Waals surface area contributed by atoms with Crippen LogP contribution in [0.25, 0.3) is 0 Å². The minimum Gasteiger partial charge on any atom is -0.478 e. The van der Waals surface area contributed by atoms with Crippen molar-refractivity contribution in [2.24, 2.45) is 0 Å². The molecule has 0 aliphatic rings. The van der Waals surface area contributed by atoms with E-state index in [-0.39, 0.29) is 22.0 Å². The summed E-state index contributed by atoms with van der Waals surface area (Å²) in [6.45, 7) is 2.82. The number of sulfonamides is 1. The monoisotopic (exact) mass is 373 g/mol. The summed E-state index contributed by atoms with van der Waals surface area (Å²) in [5, 5.41) is 9.17. The summed E-state index contributed by atoms with van der Waals surface area (Å²) in [7, 11) is -4.06. The number of carbonyl (C=O) groups is 1. The summed E-state index contributed by atoms with van der Waals surface area (Å²) < 4.78 is 33.0. The highest BCUT2D eigenvalue weighted by Gasteiger charge is 2.30. The molecule has 0 bridgehead atoms. The third kappa shape index (κ3) is 3.11. The van der Waals surface area contributed by atoms with Gasteiger partial charge in [0.2, 0.25) is 0 Å². The van der Waals surface area contributed by atoms with Crippen molar-refractivity contribution in [3.63, 3.8) is 0 Å². The molecule has 0 aliphatic heterocycles. The number of rotatable bonds is 4. The summed E-state index contributed by atoms with van der Waals surface area (Å²) >= 11 is 3.23. The van der Waals surface area contributed by atoms with Gasteiger partial charge in [-0.05, 0) is 32.0 Å². The van der Waals surface area contributed by atoms with Crippen LogP contribution in [-0.4, -0.2) is 19.5 Å². The summed E-state index contributed by atoms with van der Waals surface area (Å²) in [6, 6.07) is 6.53. The number of benzene rings is 1. The van der Waals surface area contributed by atoms with Crippen molar-refractivity contribution in [1.82, 2.24) is 0 Å². The number of hydrogen-bond acceptors (Lipinski definition) is 4. The number of nitrogens with one attached hydrogen (secondary N) is 1. The van der Waals surface area contributed by atoms with Gasteiger partial charge in [0.1, 0.15) is 22.0 Å². The number of carboxylic acid groups (broad SMARTS) is 1. The first kappa shape index (κ1) is 15.6. The fraction of sp³-hybridized carbons (Fsp3) is 0.154. The Bertz CT molecular complexity index is 810. The van der Waals surface area contributed by atoms with Gasteiger partial charge in [-0.3, -0.25) is 4.72 Å². The first-order valence-corrected chi connectivity index (χ1v) is 8.11. The first-order valence-electron chi connectivity index (χ1n) is 5.84. The maximum Gasteiger partial charge on any atom is 0.340 e. The van der Waals surface area contributed by atoms with Gasteiger partial charge in [-0.15, -0.1) is 0 Å². The molecule has 0 spiro atoms. The number of aryl methyl sites for hydroxylation is 2. The van der Waals surface area contributed by atoms with Crippen molar-refractivity contribution in [1.29, 1.82) is 0 Å². The van der Waals surface area contributed by atoms with Gasteiger partial charge in [-0.2, -0.15) is 0 Å². The zero-order chi connectivity index (χ0) is 15.8. The van der Waals surface area contributed by atoms with E-state index in [1.807, 2.05) is 0 Å². The van der Waals surface area contributed by atoms with Crippen LogP contribution in [0.3, 0.4) is 0 Å². The number of anilines is 1. The molecular weight excluding hydrogens is 362 g/mol. The minimum atomic E-state index is -4.06. The van der Waals surface area contributed by atoms with Crippen LogP contribution in [0.4, 0.5) is 5.69 Å². The molecule has 1 aromatic heterocycles. The lowest BCUT2D eigenvalue weighted by atomic mass is 10.2. The lowest BCUT2D eigenvalue weighted by Gasteiger charge is -2.08. The molecule has 6 nitrogen and oxygen atoms in total. The third-order valence-electron chi connectivity index (χ3n) is 2.76. The quantitative estimate of drug-likeness (QED) is 0.857. The zero-order valence-electron chi connectivity index (χ0n) is 11.2. The Morgan fingerprint density at radius 2 is 1.95 bits per heavy atom. The molecule has 2 aromatic rings. The average molecular weight is 374 g/mol. The lowest BCUT2D eigenvalue weighted by Crippen LogP contribution is -2.16. The number of hydrogen-bond donors (Lipinski definition) is 2. The van der Waals surface area contributed by atoms with Crippen LogP contribution in [0.1, 0.15) is 21.9 Å². The molecule has 2 rings (SSSR count). The number of halogens is 1. The van der Waals surface area contributed by atoms with Crippen LogP contribution < -0.4 is 4.72 Å². The predicted octanol–water partition coefficient (Wildman–Crippen LogP) is 3.16. The molecule has 0 saturated heterocycles. The van der Waals surface area contributed by atoms with Crippen LogP contribution in [0, 0.1) is 13.8 Å². The first-order chi connectivity index (χ1) is 9.72. The van der Waals surface area contributed by atoms with Gasteiger partial charge in [0, 0.05) is 10.2 Å². The Labute approximate surface area is 130 Å². The second-order valence-electron chi connectivity index (χ2n) is 4.34. The van der Waals surface area contributed by atoms with Gasteiger partial charge < -0.3 is 9.52 Å². The summed E-state index contributed by atoms with van der Waals surface area (Å²) in [6.07, 6.45) is 0. The lowest BCUT2D eigenvalue weighted by molar-refractivity contribution is 0.0691. The van der Waals surface area contributed by atoms with Crippen molar-refractivity contribution in [3.05, 3.63) is 45.8 Å². The normalized spacial score (nSPS) is 11.4. The Kier molecular flexibility index (Phi) is 4.11. The SMILES string of the molecule is Cc1oc(C)c(S(=O)(=O)Nc2cccc(Br)c2)c1C(=O)O. The van der Waals surface area contributed by atoms with Gasteiger partial charge in [0.05, 0.1) is 0 Å². The maximum absolute atomic E-state index is 12.4. The molecule has 0 atom stereocenters. The van der Waals surface area contributed by atoms with E-state index in [0.29, 0.717) is 10.2 Å². The van der Waals surface area contributed by atoms with E-state index in [0.717, 1.165) is 0 Å². The number of carboxylic acids is 1. The van der Waals surface area contributed by atoms with Crippen molar-refractivity contribution in [2.75, 3.05) is 4.72 Å². The minimum absolute atomic E-state index is 0.0346. The largest absolute Gasteiger partial charge is 0.478 e. The fourth-order valence-corrected chi connectivity index (χ4v) is 3.85. The van der Waals surface area contributed by atoms with Crippen LogP contribution in [0.5, 0.6) is 0 Å². The van der Waals surface area contributed by atoms with Crippen LogP contribution in [-0.2, 0) is 10.0 Å². The molecule has 8 heteroatoms. The Hall–Kier alpha value is -1.80. The molecule has 1 aromatic carbocycles. The summed E-state index contributed by atoms with van der Waals surface area (Å²) in [4.78, 5) is 10.9. The number of furan rings is 1. The molecular formula is C13H12BrNO5S. The smallest absolute Gasteiger partial charge is 0.340 e. The van der Waals surface area contributed by atoms with Crippen molar-refractivity contribution >= 4 is 37.6 Å². The van der Waals surface area contributed by atoms with E-state index in [4.69, 9.17) is 4.42 Å². The van der Waals surface area contributed by atoms with E-state index in [1.54, 1.807) is 24.3 Å². The highest BCUT2D eigenvalue weighted by Crippen LogP contribution is 2.28. The molecule has 0 unspecified atom stereocenters. The van der Waals surface area contributed by atoms with Crippen LogP contribution >= 0.6 is 15.9 Å². The van der Waals surface area contributed by atoms with Crippen molar-refractivity contribution in [3.8, 4) is 0 Å². The molecule has 112 valence electrons. The Morgan fingerprint density at radius 3 is 2.52 bits per heavy atom. The topological polar surface area (TPSA) is 96.6 Å². The van der Waals surface area contributed by atoms with Crippen LogP contribution in [0.15, 0.2) is 38.1 Å². The van der Waals surface area contributed by atoms with Gasteiger partial charge in [0.25, 0.3) is 10.0 Å². The van der Waals surface area contributed by atoms with E-state index >= 15 is 0 Å². The van der Waals surface area contributed by atoms with E-state index in [2.05, 4.69) is 20.7 Å². The molecule has 21 heavy (non-hydrogen) atoms. The highest BCUT2D eigenvalue weighted by atomic mass is 79.9. The maximum atomic E-state index is 12.4. The van der Waals surface area contributed by atoms with E-state index in [1.165, 1.54) is 13.8 Å². The Morgan fingerprint density at radius 1 is 1.29 bits per heavy atom. The standard InChI is InChI=1S/C13H12BrNO5S/c1-7-11(13(16)17)12(8(2)20-7)21(18,19)15-10-5-3-4-9(14)6-10/h3-6,15H,1-2H3,(H,16,17). The molecule has 0 radical (unpaired) electrons. The summed E-state index contributed by atoms with van der Waals surface area (Å²) in [5.41, 5.74) is -0.0334. The van der Waals surface area contributed by atoms with Gasteiger partial charge in [-0.1, -0.05) is 22.0 Å². The van der Waals surface area contributed by atoms with Gasteiger partial charge in [-0.25, -0.2) is 13.2 Å². The molecule has 2 N–H and O–H groups in total. The van der Waals surface area contributed by atoms with Crippen molar-refractivity contribution in [2.45, 2.75) is 18.7 Å². The molecule has 0 aliphatic carbocycles. The van der Waals surface area contributed by atoms with E-state index in [9.17, 15) is 18.3 Å². The van der Waals surface area contributed by atoms with Gasteiger partial charge in [0.15, 0.2) is 0 Å². The predicted molar refractivity (Wildman–Crippen MR) is 80.1 cm³/mol. The highest BCUT2D eigenvalue weighted by molar-refractivity contribution is 9.10. The zero-order valence-corrected chi connectivity index (χ0v) is 13.6. The molecule has 0 saturated carbocycles. The second-order valence-corrected chi connectivity index (χ2v) is 6.87. The average Bonchev–Trinajstić information content (AvgIpc) is 2.64. The van der Waals surface area contributed by atoms with Crippen LogP contribution in [0.2, 0.25) is 0 Å². The number of aromatic carboxylic acids is 1. The molecule has 0 amide bonds. The fourth-order valence-electron chi connectivity index (χ4n) is 1.99. The van der Waals surface area contributed by atoms with Gasteiger partial charge >= 0.3 is 5.97 Å². The van der Waals surface area contributed by atoms with Crippen molar-refractivity contribution < 1.29 is 22.7 Å².